The molecule has 0 bridgehead atoms. The van der Waals surface area contributed by atoms with E-state index in [-0.39, 0.29) is 0 Å². The molecule has 1 aromatic carbocycles. The van der Waals surface area contributed by atoms with Crippen molar-refractivity contribution in [1.82, 2.24) is 20.2 Å². The number of hydrogen-bond acceptors (Lipinski definition) is 4. The molecule has 3 rings (SSSR count). The molecule has 1 heterocycles. The molecule has 6 heteroatoms. The molecule has 0 spiro atoms. The highest BCUT2D eigenvalue weighted by Crippen LogP contribution is 2.32. The molecule has 5 nitrogen and oxygen atoms in total. The zero-order chi connectivity index (χ0) is 13.2. The van der Waals surface area contributed by atoms with Crippen molar-refractivity contribution >= 4 is 17.3 Å². The number of benzene rings is 1. The highest BCUT2D eigenvalue weighted by molar-refractivity contribution is 6.33. The van der Waals surface area contributed by atoms with Crippen molar-refractivity contribution in [3.8, 4) is 11.4 Å². The Kier molecular flexibility index (Phi) is 3.38. The molecule has 1 fully saturated rings. The monoisotopic (exact) mass is 277 g/mol. The van der Waals surface area contributed by atoms with Crippen molar-refractivity contribution in [2.45, 2.75) is 38.1 Å². The minimum atomic E-state index is 0.398. The van der Waals surface area contributed by atoms with E-state index in [4.69, 9.17) is 17.3 Å². The normalized spacial score (nSPS) is 16.7. The van der Waals surface area contributed by atoms with Gasteiger partial charge in [0.05, 0.1) is 16.8 Å². The summed E-state index contributed by atoms with van der Waals surface area (Å²) < 4.78 is 1.93. The van der Waals surface area contributed by atoms with Gasteiger partial charge in [0.2, 0.25) is 0 Å². The fraction of sp³-hybridized carbons (Fsp3) is 0.462. The molecule has 0 saturated heterocycles. The van der Waals surface area contributed by atoms with Crippen LogP contribution < -0.4 is 5.73 Å². The minimum absolute atomic E-state index is 0.398. The molecule has 1 aromatic heterocycles. The van der Waals surface area contributed by atoms with Gasteiger partial charge in [-0.3, -0.25) is 0 Å². The van der Waals surface area contributed by atoms with E-state index in [1.807, 2.05) is 16.8 Å². The molecule has 100 valence electrons. The van der Waals surface area contributed by atoms with E-state index < -0.39 is 0 Å². The van der Waals surface area contributed by atoms with Crippen molar-refractivity contribution in [3.63, 3.8) is 0 Å². The van der Waals surface area contributed by atoms with Crippen molar-refractivity contribution < 1.29 is 0 Å². The van der Waals surface area contributed by atoms with Gasteiger partial charge in [-0.15, -0.1) is 5.10 Å². The summed E-state index contributed by atoms with van der Waals surface area (Å²) >= 11 is 6.07. The van der Waals surface area contributed by atoms with Crippen LogP contribution in [0.2, 0.25) is 5.02 Å². The molecule has 0 aliphatic heterocycles. The zero-order valence-corrected chi connectivity index (χ0v) is 11.3. The summed E-state index contributed by atoms with van der Waals surface area (Å²) in [5.74, 6) is 0.772. The summed E-state index contributed by atoms with van der Waals surface area (Å²) in [5, 5.41) is 12.6. The lowest BCUT2D eigenvalue weighted by molar-refractivity contribution is 0.327. The molecule has 2 N–H and O–H groups in total. The van der Waals surface area contributed by atoms with E-state index in [0.29, 0.717) is 16.8 Å². The van der Waals surface area contributed by atoms with Crippen LogP contribution in [-0.4, -0.2) is 20.2 Å². The largest absolute Gasteiger partial charge is 0.398 e. The van der Waals surface area contributed by atoms with Crippen LogP contribution in [-0.2, 0) is 0 Å². The van der Waals surface area contributed by atoms with Crippen molar-refractivity contribution in [2.75, 3.05) is 5.73 Å². The third kappa shape index (κ3) is 2.42. The standard InChI is InChI=1S/C13H16ClN5/c14-11-8-9(6-7-12(11)15)13-16-17-18-19(13)10-4-2-1-3-5-10/h6-8,10H,1-5,15H2. The predicted molar refractivity (Wildman–Crippen MR) is 74.8 cm³/mol. The van der Waals surface area contributed by atoms with Gasteiger partial charge in [-0.1, -0.05) is 30.9 Å². The lowest BCUT2D eigenvalue weighted by atomic mass is 9.95. The number of tetrazole rings is 1. The molecular weight excluding hydrogens is 262 g/mol. The lowest BCUT2D eigenvalue weighted by Gasteiger charge is -2.22. The first kappa shape index (κ1) is 12.4. The number of rotatable bonds is 2. The molecule has 1 saturated carbocycles. The van der Waals surface area contributed by atoms with Gasteiger partial charge >= 0.3 is 0 Å². The Balaban J connectivity index is 1.96. The molecule has 0 radical (unpaired) electrons. The Hall–Kier alpha value is -1.62. The van der Waals surface area contributed by atoms with Gasteiger partial charge in [0.25, 0.3) is 0 Å². The Morgan fingerprint density at radius 1 is 1.21 bits per heavy atom. The van der Waals surface area contributed by atoms with E-state index in [1.54, 1.807) is 6.07 Å². The second-order valence-corrected chi connectivity index (χ2v) is 5.38. The van der Waals surface area contributed by atoms with Crippen LogP contribution in [0.5, 0.6) is 0 Å². The van der Waals surface area contributed by atoms with E-state index in [9.17, 15) is 0 Å². The van der Waals surface area contributed by atoms with Crippen LogP contribution >= 0.6 is 11.6 Å². The lowest BCUT2D eigenvalue weighted by Crippen LogP contribution is -2.15. The Bertz CT molecular complexity index is 574. The summed E-state index contributed by atoms with van der Waals surface area (Å²) in [4.78, 5) is 0. The van der Waals surface area contributed by atoms with Crippen molar-refractivity contribution in [3.05, 3.63) is 23.2 Å². The Labute approximate surface area is 116 Å². The highest BCUT2D eigenvalue weighted by Gasteiger charge is 2.21. The first-order valence-corrected chi connectivity index (χ1v) is 6.97. The number of anilines is 1. The molecule has 1 aliphatic rings. The number of aromatic nitrogens is 4. The maximum atomic E-state index is 6.07. The maximum absolute atomic E-state index is 6.07. The SMILES string of the molecule is Nc1ccc(-c2nnnn2C2CCCCC2)cc1Cl. The Morgan fingerprint density at radius 3 is 2.74 bits per heavy atom. The van der Waals surface area contributed by atoms with Gasteiger partial charge in [0, 0.05) is 5.56 Å². The smallest absolute Gasteiger partial charge is 0.182 e. The van der Waals surface area contributed by atoms with E-state index >= 15 is 0 Å². The predicted octanol–water partition coefficient (Wildman–Crippen LogP) is 3.08. The highest BCUT2D eigenvalue weighted by atomic mass is 35.5. The molecule has 0 atom stereocenters. The first-order valence-electron chi connectivity index (χ1n) is 6.59. The first-order chi connectivity index (χ1) is 9.25. The zero-order valence-electron chi connectivity index (χ0n) is 10.6. The van der Waals surface area contributed by atoms with Crippen LogP contribution in [0.1, 0.15) is 38.1 Å². The number of nitrogens with zero attached hydrogens (tertiary/aromatic N) is 4. The number of nitrogens with two attached hydrogens (primary N) is 1. The average Bonchev–Trinajstić information content (AvgIpc) is 2.92. The summed E-state index contributed by atoms with van der Waals surface area (Å²) in [6, 6.07) is 5.92. The molecule has 0 amide bonds. The average molecular weight is 278 g/mol. The van der Waals surface area contributed by atoms with E-state index in [2.05, 4.69) is 15.5 Å². The van der Waals surface area contributed by atoms with Gasteiger partial charge in [-0.05, 0) is 41.5 Å². The second kappa shape index (κ2) is 5.17. The quantitative estimate of drug-likeness (QED) is 0.857. The molecule has 1 aliphatic carbocycles. The summed E-state index contributed by atoms with van der Waals surface area (Å²) in [6.45, 7) is 0. The van der Waals surface area contributed by atoms with Gasteiger partial charge in [-0.25, -0.2) is 4.68 Å². The molecular formula is C13H16ClN5. The van der Waals surface area contributed by atoms with Crippen molar-refractivity contribution in [1.29, 1.82) is 0 Å². The fourth-order valence-corrected chi connectivity index (χ4v) is 2.80. The van der Waals surface area contributed by atoms with E-state index in [0.717, 1.165) is 24.2 Å². The van der Waals surface area contributed by atoms with E-state index in [1.165, 1.54) is 19.3 Å². The molecule has 0 unspecified atom stereocenters. The van der Waals surface area contributed by atoms with Crippen LogP contribution in [0.3, 0.4) is 0 Å². The second-order valence-electron chi connectivity index (χ2n) is 4.98. The summed E-state index contributed by atoms with van der Waals surface area (Å²) in [7, 11) is 0. The number of hydrogen-bond donors (Lipinski definition) is 1. The third-order valence-electron chi connectivity index (χ3n) is 3.67. The Morgan fingerprint density at radius 2 is 2.00 bits per heavy atom. The van der Waals surface area contributed by atoms with Crippen LogP contribution in [0.25, 0.3) is 11.4 Å². The summed E-state index contributed by atoms with van der Waals surface area (Å²) in [6.07, 6.45) is 6.07. The van der Waals surface area contributed by atoms with Crippen LogP contribution in [0.4, 0.5) is 5.69 Å². The molecule has 2 aromatic rings. The molecule has 19 heavy (non-hydrogen) atoms. The maximum Gasteiger partial charge on any atom is 0.182 e. The topological polar surface area (TPSA) is 69.6 Å². The third-order valence-corrected chi connectivity index (χ3v) is 4.00. The number of halogens is 1. The van der Waals surface area contributed by atoms with Gasteiger partial charge in [0.15, 0.2) is 5.82 Å². The van der Waals surface area contributed by atoms with Gasteiger partial charge in [-0.2, -0.15) is 0 Å². The van der Waals surface area contributed by atoms with Gasteiger partial charge in [0.1, 0.15) is 0 Å². The minimum Gasteiger partial charge on any atom is -0.398 e. The summed E-state index contributed by atoms with van der Waals surface area (Å²) in [5.41, 5.74) is 7.22. The number of nitrogen functional groups attached to an aromatic ring is 1. The van der Waals surface area contributed by atoms with Crippen LogP contribution in [0, 0.1) is 0 Å². The fourth-order valence-electron chi connectivity index (χ4n) is 2.62. The van der Waals surface area contributed by atoms with Crippen LogP contribution in [0.15, 0.2) is 18.2 Å². The van der Waals surface area contributed by atoms with Crippen molar-refractivity contribution in [2.24, 2.45) is 0 Å². The van der Waals surface area contributed by atoms with Gasteiger partial charge < -0.3 is 5.73 Å².